The van der Waals surface area contributed by atoms with Crippen LogP contribution in [0.25, 0.3) is 0 Å². The average molecular weight is 252 g/mol. The summed E-state index contributed by atoms with van der Waals surface area (Å²) in [4.78, 5) is 25.0. The lowest BCUT2D eigenvalue weighted by atomic mass is 9.77. The molecule has 6 nitrogen and oxygen atoms in total. The fraction of sp³-hybridized carbons (Fsp3) is 0.583. The van der Waals surface area contributed by atoms with E-state index in [9.17, 15) is 14.7 Å². The van der Waals surface area contributed by atoms with E-state index in [1.807, 2.05) is 6.92 Å². The second-order valence-electron chi connectivity index (χ2n) is 4.65. The number of hydrogen-bond acceptors (Lipinski definition) is 4. The molecule has 1 aliphatic heterocycles. The zero-order valence-electron chi connectivity index (χ0n) is 10.3. The number of piperidine rings is 1. The van der Waals surface area contributed by atoms with Crippen molar-refractivity contribution in [1.82, 2.24) is 10.1 Å². The Morgan fingerprint density at radius 2 is 2.39 bits per heavy atom. The van der Waals surface area contributed by atoms with Crippen molar-refractivity contribution in [3.05, 3.63) is 18.0 Å². The molecule has 1 atom stereocenters. The minimum Gasteiger partial charge on any atom is -0.481 e. The van der Waals surface area contributed by atoms with Crippen LogP contribution in [-0.2, 0) is 4.79 Å². The molecule has 2 heterocycles. The topological polar surface area (TPSA) is 83.6 Å². The van der Waals surface area contributed by atoms with Gasteiger partial charge in [0.05, 0.1) is 11.6 Å². The van der Waals surface area contributed by atoms with Crippen LogP contribution in [0.5, 0.6) is 0 Å². The normalized spacial score (nSPS) is 23.9. The molecule has 18 heavy (non-hydrogen) atoms. The van der Waals surface area contributed by atoms with Crippen molar-refractivity contribution >= 4 is 11.9 Å². The Kier molecular flexibility index (Phi) is 3.36. The molecular formula is C12H16N2O4. The molecule has 1 saturated heterocycles. The second kappa shape index (κ2) is 4.80. The molecule has 1 aromatic rings. The first-order valence-electron chi connectivity index (χ1n) is 6.02. The maximum atomic E-state index is 12.1. The highest BCUT2D eigenvalue weighted by atomic mass is 16.5. The van der Waals surface area contributed by atoms with Crippen LogP contribution in [0, 0.1) is 5.41 Å². The number of likely N-dealkylation sites (tertiary alicyclic amines) is 1. The molecule has 0 saturated carbocycles. The molecule has 0 bridgehead atoms. The van der Waals surface area contributed by atoms with E-state index in [1.165, 1.54) is 12.3 Å². The average Bonchev–Trinajstić information content (AvgIpc) is 2.91. The van der Waals surface area contributed by atoms with Crippen molar-refractivity contribution in [3.63, 3.8) is 0 Å². The van der Waals surface area contributed by atoms with Gasteiger partial charge in [-0.1, -0.05) is 12.1 Å². The maximum absolute atomic E-state index is 12.1. The van der Waals surface area contributed by atoms with E-state index in [0.29, 0.717) is 25.8 Å². The van der Waals surface area contributed by atoms with Crippen molar-refractivity contribution in [3.8, 4) is 0 Å². The van der Waals surface area contributed by atoms with Gasteiger partial charge in [-0.05, 0) is 19.3 Å². The van der Waals surface area contributed by atoms with Gasteiger partial charge in [0.15, 0.2) is 0 Å². The summed E-state index contributed by atoms with van der Waals surface area (Å²) < 4.78 is 4.82. The third kappa shape index (κ3) is 2.10. The van der Waals surface area contributed by atoms with Gasteiger partial charge in [0.25, 0.3) is 5.91 Å². The third-order valence-electron chi connectivity index (χ3n) is 3.64. The first-order valence-corrected chi connectivity index (χ1v) is 6.02. The molecule has 0 spiro atoms. The van der Waals surface area contributed by atoms with Crippen LogP contribution in [0.3, 0.4) is 0 Å². The van der Waals surface area contributed by atoms with Crippen LogP contribution in [0.1, 0.15) is 36.7 Å². The highest BCUT2D eigenvalue weighted by Crippen LogP contribution is 2.34. The standard InChI is InChI=1S/C12H16N2O4/c1-2-12(11(16)17)5-3-7-14(8-12)10(15)9-4-6-13-18-9/h4,6H,2-3,5,7-8H2,1H3,(H,16,17). The molecular weight excluding hydrogens is 236 g/mol. The van der Waals surface area contributed by atoms with Gasteiger partial charge in [0, 0.05) is 19.2 Å². The summed E-state index contributed by atoms with van der Waals surface area (Å²) in [6, 6.07) is 1.49. The number of carboxylic acids is 1. The Morgan fingerprint density at radius 1 is 1.61 bits per heavy atom. The van der Waals surface area contributed by atoms with Crippen LogP contribution in [0.15, 0.2) is 16.8 Å². The van der Waals surface area contributed by atoms with Gasteiger partial charge in [-0.25, -0.2) is 0 Å². The van der Waals surface area contributed by atoms with Gasteiger partial charge in [-0.3, -0.25) is 9.59 Å². The summed E-state index contributed by atoms with van der Waals surface area (Å²) in [5, 5.41) is 12.8. The Hall–Kier alpha value is -1.85. The summed E-state index contributed by atoms with van der Waals surface area (Å²) in [5.41, 5.74) is -0.825. The highest BCUT2D eigenvalue weighted by molar-refractivity contribution is 5.92. The molecule has 1 unspecified atom stereocenters. The predicted octanol–water partition coefficient (Wildman–Crippen LogP) is 1.39. The Balaban J connectivity index is 2.16. The van der Waals surface area contributed by atoms with Gasteiger partial charge < -0.3 is 14.5 Å². The van der Waals surface area contributed by atoms with Crippen LogP contribution in [0.4, 0.5) is 0 Å². The second-order valence-corrected chi connectivity index (χ2v) is 4.65. The quantitative estimate of drug-likeness (QED) is 0.878. The summed E-state index contributed by atoms with van der Waals surface area (Å²) in [5.74, 6) is -0.960. The lowest BCUT2D eigenvalue weighted by Crippen LogP contribution is -2.49. The molecule has 0 radical (unpaired) electrons. The van der Waals surface area contributed by atoms with Crippen LogP contribution in [-0.4, -0.2) is 40.1 Å². The lowest BCUT2D eigenvalue weighted by molar-refractivity contribution is -0.152. The van der Waals surface area contributed by atoms with Crippen LogP contribution >= 0.6 is 0 Å². The predicted molar refractivity (Wildman–Crippen MR) is 62.0 cm³/mol. The SMILES string of the molecule is CCC1(C(=O)O)CCCN(C(=O)c2ccno2)C1. The molecule has 2 rings (SSSR count). The number of aliphatic carboxylic acids is 1. The number of rotatable bonds is 3. The summed E-state index contributed by atoms with van der Waals surface area (Å²) in [6.45, 7) is 2.64. The monoisotopic (exact) mass is 252 g/mol. The third-order valence-corrected chi connectivity index (χ3v) is 3.64. The van der Waals surface area contributed by atoms with Crippen molar-refractivity contribution in [2.75, 3.05) is 13.1 Å². The van der Waals surface area contributed by atoms with Gasteiger partial charge in [0.1, 0.15) is 0 Å². The molecule has 6 heteroatoms. The smallest absolute Gasteiger partial charge is 0.311 e. The van der Waals surface area contributed by atoms with Crippen molar-refractivity contribution in [1.29, 1.82) is 0 Å². The molecule has 0 aliphatic carbocycles. The van der Waals surface area contributed by atoms with E-state index in [1.54, 1.807) is 4.90 Å². The summed E-state index contributed by atoms with van der Waals surface area (Å²) >= 11 is 0. The summed E-state index contributed by atoms with van der Waals surface area (Å²) in [6.07, 6.45) is 3.23. The summed E-state index contributed by atoms with van der Waals surface area (Å²) in [7, 11) is 0. The maximum Gasteiger partial charge on any atom is 0.311 e. The van der Waals surface area contributed by atoms with Gasteiger partial charge in [-0.15, -0.1) is 0 Å². The van der Waals surface area contributed by atoms with E-state index in [2.05, 4.69) is 5.16 Å². The minimum atomic E-state index is -0.833. The first-order chi connectivity index (χ1) is 8.59. The lowest BCUT2D eigenvalue weighted by Gasteiger charge is -2.38. The van der Waals surface area contributed by atoms with Gasteiger partial charge >= 0.3 is 5.97 Å². The zero-order chi connectivity index (χ0) is 13.2. The first kappa shape index (κ1) is 12.6. The molecule has 98 valence electrons. The van der Waals surface area contributed by atoms with E-state index < -0.39 is 11.4 Å². The van der Waals surface area contributed by atoms with E-state index >= 15 is 0 Å². The fourth-order valence-corrected chi connectivity index (χ4v) is 2.40. The number of nitrogens with zero attached hydrogens (tertiary/aromatic N) is 2. The Morgan fingerprint density at radius 3 is 2.94 bits per heavy atom. The van der Waals surface area contributed by atoms with Gasteiger partial charge in [0.2, 0.25) is 5.76 Å². The molecule has 1 N–H and O–H groups in total. The van der Waals surface area contributed by atoms with Crippen LogP contribution in [0.2, 0.25) is 0 Å². The molecule has 1 amide bonds. The number of aromatic nitrogens is 1. The largest absolute Gasteiger partial charge is 0.481 e. The van der Waals surface area contributed by atoms with Crippen molar-refractivity contribution in [2.45, 2.75) is 26.2 Å². The molecule has 1 aliphatic rings. The highest BCUT2D eigenvalue weighted by Gasteiger charge is 2.42. The van der Waals surface area contributed by atoms with Gasteiger partial charge in [-0.2, -0.15) is 0 Å². The fourth-order valence-electron chi connectivity index (χ4n) is 2.40. The number of amides is 1. The number of carboxylic acid groups (broad SMARTS) is 1. The number of carbonyl (C=O) groups excluding carboxylic acids is 1. The molecule has 1 aromatic heterocycles. The minimum absolute atomic E-state index is 0.160. The van der Waals surface area contributed by atoms with E-state index in [4.69, 9.17) is 4.52 Å². The van der Waals surface area contributed by atoms with Crippen molar-refractivity contribution in [2.24, 2.45) is 5.41 Å². The molecule has 1 fully saturated rings. The van der Waals surface area contributed by atoms with Crippen LogP contribution < -0.4 is 0 Å². The van der Waals surface area contributed by atoms with E-state index in [0.717, 1.165) is 0 Å². The van der Waals surface area contributed by atoms with E-state index in [-0.39, 0.29) is 18.2 Å². The number of hydrogen-bond donors (Lipinski definition) is 1. The Bertz CT molecular complexity index is 443. The zero-order valence-corrected chi connectivity index (χ0v) is 10.3. The number of carbonyl (C=O) groups is 2. The Labute approximate surface area is 105 Å². The van der Waals surface area contributed by atoms with Crippen molar-refractivity contribution < 1.29 is 19.2 Å². The molecule has 0 aromatic carbocycles.